The van der Waals surface area contributed by atoms with Crippen LogP contribution >= 0.6 is 11.3 Å². The fourth-order valence-corrected chi connectivity index (χ4v) is 3.24. The van der Waals surface area contributed by atoms with Crippen LogP contribution in [-0.4, -0.2) is 25.2 Å². The van der Waals surface area contributed by atoms with Crippen molar-refractivity contribution >= 4 is 17.3 Å². The van der Waals surface area contributed by atoms with E-state index in [1.165, 1.54) is 11.3 Å². The lowest BCUT2D eigenvalue weighted by atomic mass is 10.1. The van der Waals surface area contributed by atoms with Crippen LogP contribution in [0.5, 0.6) is 11.5 Å². The number of nitrogens with zero attached hydrogens (tertiary/aromatic N) is 1. The lowest BCUT2D eigenvalue weighted by Gasteiger charge is -2.08. The summed E-state index contributed by atoms with van der Waals surface area (Å²) in [6.45, 7) is 2.22. The van der Waals surface area contributed by atoms with E-state index in [0.29, 0.717) is 22.2 Å². The molecule has 0 saturated heterocycles. The molecule has 0 amide bonds. The van der Waals surface area contributed by atoms with Crippen LogP contribution in [0.25, 0.3) is 10.6 Å². The molecule has 1 aromatic heterocycles. The third kappa shape index (κ3) is 3.86. The smallest absolute Gasteiger partial charge is 0.358 e. The van der Waals surface area contributed by atoms with Crippen molar-refractivity contribution < 1.29 is 19.0 Å². The first-order chi connectivity index (χ1) is 12.6. The number of carbonyl (C=O) groups is 1. The zero-order chi connectivity index (χ0) is 18.5. The fraction of sp³-hybridized carbons (Fsp3) is 0.200. The van der Waals surface area contributed by atoms with Crippen LogP contribution in [0.15, 0.2) is 47.8 Å². The number of thiazole rings is 1. The normalized spacial score (nSPS) is 10.4. The van der Waals surface area contributed by atoms with Crippen molar-refractivity contribution in [3.05, 3.63) is 64.7 Å². The van der Waals surface area contributed by atoms with Gasteiger partial charge >= 0.3 is 5.97 Å². The van der Waals surface area contributed by atoms with E-state index in [2.05, 4.69) is 4.98 Å². The molecule has 0 aliphatic rings. The van der Waals surface area contributed by atoms with Crippen LogP contribution in [0.2, 0.25) is 0 Å². The maximum absolute atomic E-state index is 12.3. The number of hydrogen-bond donors (Lipinski definition) is 0. The van der Waals surface area contributed by atoms with Crippen LogP contribution < -0.4 is 9.47 Å². The number of hydrogen-bond acceptors (Lipinski definition) is 6. The molecule has 26 heavy (non-hydrogen) atoms. The fourth-order valence-electron chi connectivity index (χ4n) is 2.46. The van der Waals surface area contributed by atoms with Crippen LogP contribution in [-0.2, 0) is 11.3 Å². The molecular formula is C20H19NO4S. The highest BCUT2D eigenvalue weighted by Gasteiger charge is 2.15. The Morgan fingerprint density at radius 1 is 1.08 bits per heavy atom. The Labute approximate surface area is 156 Å². The lowest BCUT2D eigenvalue weighted by molar-refractivity contribution is 0.0466. The van der Waals surface area contributed by atoms with E-state index >= 15 is 0 Å². The maximum atomic E-state index is 12.3. The van der Waals surface area contributed by atoms with Gasteiger partial charge < -0.3 is 14.2 Å². The van der Waals surface area contributed by atoms with Gasteiger partial charge in [-0.15, -0.1) is 11.3 Å². The highest BCUT2D eigenvalue weighted by molar-refractivity contribution is 7.13. The Hall–Kier alpha value is -2.86. The topological polar surface area (TPSA) is 57.7 Å². The van der Waals surface area contributed by atoms with Gasteiger partial charge in [-0.05, 0) is 36.2 Å². The number of methoxy groups -OCH3 is 2. The predicted molar refractivity (Wildman–Crippen MR) is 101 cm³/mol. The minimum atomic E-state index is -0.434. The van der Waals surface area contributed by atoms with Crippen molar-refractivity contribution in [2.24, 2.45) is 0 Å². The average molecular weight is 369 g/mol. The average Bonchev–Trinajstić information content (AvgIpc) is 3.17. The molecule has 0 fully saturated rings. The Morgan fingerprint density at radius 2 is 1.85 bits per heavy atom. The quantitative estimate of drug-likeness (QED) is 0.599. The first kappa shape index (κ1) is 17.9. The molecule has 3 aromatic rings. The van der Waals surface area contributed by atoms with Gasteiger partial charge in [0.05, 0.1) is 14.2 Å². The number of carbonyl (C=O) groups excluding carboxylic acids is 1. The van der Waals surface area contributed by atoms with E-state index in [1.807, 2.05) is 49.4 Å². The van der Waals surface area contributed by atoms with Gasteiger partial charge in [0.2, 0.25) is 0 Å². The Morgan fingerprint density at radius 3 is 2.58 bits per heavy atom. The molecule has 5 nitrogen and oxygen atoms in total. The predicted octanol–water partition coefficient (Wildman–Crippen LogP) is 4.49. The monoisotopic (exact) mass is 369 g/mol. The second-order valence-electron chi connectivity index (χ2n) is 5.61. The molecule has 2 aromatic carbocycles. The Bertz CT molecular complexity index is 920. The van der Waals surface area contributed by atoms with E-state index < -0.39 is 5.97 Å². The first-order valence-electron chi connectivity index (χ1n) is 8.02. The molecule has 3 rings (SSSR count). The number of aryl methyl sites for hydroxylation is 1. The minimum Gasteiger partial charge on any atom is -0.493 e. The van der Waals surface area contributed by atoms with Crippen molar-refractivity contribution in [2.45, 2.75) is 13.5 Å². The third-order valence-electron chi connectivity index (χ3n) is 3.96. The van der Waals surface area contributed by atoms with Crippen molar-refractivity contribution in [3.63, 3.8) is 0 Å². The summed E-state index contributed by atoms with van der Waals surface area (Å²) in [5, 5.41) is 2.42. The third-order valence-corrected chi connectivity index (χ3v) is 4.86. The molecule has 0 radical (unpaired) electrons. The van der Waals surface area contributed by atoms with Crippen molar-refractivity contribution in [3.8, 4) is 22.1 Å². The molecule has 0 N–H and O–H groups in total. The van der Waals surface area contributed by atoms with E-state index in [1.54, 1.807) is 19.6 Å². The van der Waals surface area contributed by atoms with Crippen molar-refractivity contribution in [1.29, 1.82) is 0 Å². The van der Waals surface area contributed by atoms with Crippen LogP contribution in [0.3, 0.4) is 0 Å². The largest absolute Gasteiger partial charge is 0.493 e. The number of aromatic nitrogens is 1. The van der Waals surface area contributed by atoms with Crippen LogP contribution in [0, 0.1) is 6.92 Å². The summed E-state index contributed by atoms with van der Waals surface area (Å²) in [5.74, 6) is 0.825. The number of rotatable bonds is 6. The van der Waals surface area contributed by atoms with Gasteiger partial charge in [0, 0.05) is 10.9 Å². The zero-order valence-electron chi connectivity index (χ0n) is 14.8. The SMILES string of the molecule is COc1ccc(-c2nc(C(=O)OCc3ccccc3C)cs2)cc1OC. The van der Waals surface area contributed by atoms with Gasteiger partial charge in [0.15, 0.2) is 17.2 Å². The molecular weight excluding hydrogens is 350 g/mol. The Kier molecular flexibility index (Phi) is 5.53. The molecule has 1 heterocycles. The highest BCUT2D eigenvalue weighted by atomic mass is 32.1. The summed E-state index contributed by atoms with van der Waals surface area (Å²) in [5.41, 5.74) is 3.22. The van der Waals surface area contributed by atoms with Gasteiger partial charge in [0.1, 0.15) is 11.6 Å². The lowest BCUT2D eigenvalue weighted by Crippen LogP contribution is -2.06. The molecule has 0 bridgehead atoms. The van der Waals surface area contributed by atoms with Gasteiger partial charge in [0.25, 0.3) is 0 Å². The summed E-state index contributed by atoms with van der Waals surface area (Å²) < 4.78 is 15.9. The van der Waals surface area contributed by atoms with Crippen molar-refractivity contribution in [1.82, 2.24) is 4.98 Å². The number of benzene rings is 2. The second-order valence-corrected chi connectivity index (χ2v) is 6.47. The minimum absolute atomic E-state index is 0.231. The van der Waals surface area contributed by atoms with E-state index in [9.17, 15) is 4.79 Å². The van der Waals surface area contributed by atoms with Gasteiger partial charge in [-0.3, -0.25) is 0 Å². The summed E-state index contributed by atoms with van der Waals surface area (Å²) in [4.78, 5) is 16.7. The Balaban J connectivity index is 1.73. The summed E-state index contributed by atoms with van der Waals surface area (Å²) in [6, 6.07) is 13.3. The molecule has 134 valence electrons. The standard InChI is InChI=1S/C20H19NO4S/c1-13-6-4-5-7-15(13)11-25-20(22)16-12-26-19(21-16)14-8-9-17(23-2)18(10-14)24-3/h4-10,12H,11H2,1-3H3. The van der Waals surface area contributed by atoms with Crippen molar-refractivity contribution in [2.75, 3.05) is 14.2 Å². The molecule has 0 unspecified atom stereocenters. The first-order valence-corrected chi connectivity index (χ1v) is 8.90. The maximum Gasteiger partial charge on any atom is 0.358 e. The summed E-state index contributed by atoms with van der Waals surface area (Å²) >= 11 is 1.38. The number of esters is 1. The van der Waals surface area contributed by atoms with Crippen LogP contribution in [0.1, 0.15) is 21.6 Å². The molecule has 6 heteroatoms. The van der Waals surface area contributed by atoms with E-state index in [0.717, 1.165) is 16.7 Å². The highest BCUT2D eigenvalue weighted by Crippen LogP contribution is 2.33. The van der Waals surface area contributed by atoms with E-state index in [-0.39, 0.29) is 6.61 Å². The molecule has 0 aliphatic carbocycles. The second kappa shape index (κ2) is 8.01. The van der Waals surface area contributed by atoms with E-state index in [4.69, 9.17) is 14.2 Å². The van der Waals surface area contributed by atoms with Gasteiger partial charge in [-0.1, -0.05) is 24.3 Å². The summed E-state index contributed by atoms with van der Waals surface area (Å²) in [7, 11) is 3.17. The zero-order valence-corrected chi connectivity index (χ0v) is 15.6. The molecule has 0 atom stereocenters. The van der Waals surface area contributed by atoms with Gasteiger partial charge in [-0.2, -0.15) is 0 Å². The molecule has 0 spiro atoms. The molecule has 0 aliphatic heterocycles. The number of ether oxygens (including phenoxy) is 3. The van der Waals surface area contributed by atoms with Gasteiger partial charge in [-0.25, -0.2) is 9.78 Å². The van der Waals surface area contributed by atoms with Crippen LogP contribution in [0.4, 0.5) is 0 Å². The molecule has 0 saturated carbocycles. The summed E-state index contributed by atoms with van der Waals surface area (Å²) in [6.07, 6.45) is 0.